The van der Waals surface area contributed by atoms with Gasteiger partial charge in [0, 0.05) is 18.8 Å². The molecule has 0 aromatic heterocycles. The maximum absolute atomic E-state index is 13.2. The van der Waals surface area contributed by atoms with E-state index in [-0.39, 0.29) is 12.5 Å². The van der Waals surface area contributed by atoms with Crippen LogP contribution in [0.4, 0.5) is 8.78 Å². The number of alkyl halides is 2. The standard InChI is InChI=1S/C10H16F2NO/c1-4-9(5-2)6-10(11,12)8(9)13-7(3)14/h4-6H2,1-3H3,(H,13,14). The second kappa shape index (κ2) is 3.48. The Morgan fingerprint density at radius 1 is 1.43 bits per heavy atom. The first kappa shape index (κ1) is 11.4. The maximum Gasteiger partial charge on any atom is 0.274 e. The van der Waals surface area contributed by atoms with Crippen LogP contribution in [0, 0.1) is 11.5 Å². The third-order valence-corrected chi connectivity index (χ3v) is 3.11. The van der Waals surface area contributed by atoms with E-state index in [0.29, 0.717) is 12.8 Å². The summed E-state index contributed by atoms with van der Waals surface area (Å²) in [6, 6.07) is -0.0810. The van der Waals surface area contributed by atoms with Gasteiger partial charge in [-0.25, -0.2) is 8.78 Å². The van der Waals surface area contributed by atoms with E-state index in [1.165, 1.54) is 6.92 Å². The molecular formula is C10H16F2NO. The van der Waals surface area contributed by atoms with Crippen LogP contribution in [0.5, 0.6) is 0 Å². The summed E-state index contributed by atoms with van der Waals surface area (Å²) >= 11 is 0. The van der Waals surface area contributed by atoms with Crippen LogP contribution in [0.3, 0.4) is 0 Å². The average Bonchev–Trinajstić information content (AvgIpc) is 2.10. The quantitative estimate of drug-likeness (QED) is 0.751. The van der Waals surface area contributed by atoms with Gasteiger partial charge >= 0.3 is 0 Å². The van der Waals surface area contributed by atoms with Crippen LogP contribution in [0.1, 0.15) is 40.0 Å². The fraction of sp³-hybridized carbons (Fsp3) is 0.800. The van der Waals surface area contributed by atoms with Crippen molar-refractivity contribution < 1.29 is 13.6 Å². The number of halogens is 2. The number of rotatable bonds is 3. The van der Waals surface area contributed by atoms with Crippen LogP contribution >= 0.6 is 0 Å². The molecule has 0 heterocycles. The molecule has 1 N–H and O–H groups in total. The van der Waals surface area contributed by atoms with Crippen molar-refractivity contribution in [3.8, 4) is 0 Å². The molecule has 0 bridgehead atoms. The molecule has 0 aromatic carbocycles. The highest BCUT2D eigenvalue weighted by atomic mass is 19.3. The molecule has 1 saturated carbocycles. The fourth-order valence-corrected chi connectivity index (χ4v) is 2.14. The van der Waals surface area contributed by atoms with Gasteiger partial charge in [-0.1, -0.05) is 13.8 Å². The normalized spacial score (nSPS) is 24.1. The molecular weight excluding hydrogens is 188 g/mol. The Morgan fingerprint density at radius 2 is 1.93 bits per heavy atom. The Labute approximate surface area is 83.1 Å². The van der Waals surface area contributed by atoms with Gasteiger partial charge in [0.15, 0.2) is 0 Å². The summed E-state index contributed by atoms with van der Waals surface area (Å²) in [7, 11) is 0. The van der Waals surface area contributed by atoms with Crippen LogP contribution in [-0.4, -0.2) is 11.8 Å². The van der Waals surface area contributed by atoms with Gasteiger partial charge in [-0.15, -0.1) is 0 Å². The molecule has 4 heteroatoms. The summed E-state index contributed by atoms with van der Waals surface area (Å²) in [6.45, 7) is 5.01. The topological polar surface area (TPSA) is 29.1 Å². The van der Waals surface area contributed by atoms with E-state index in [2.05, 4.69) is 5.32 Å². The zero-order chi connectivity index (χ0) is 11.0. The summed E-state index contributed by atoms with van der Waals surface area (Å²) in [5.41, 5.74) is -0.477. The highest BCUT2D eigenvalue weighted by Gasteiger charge is 2.65. The molecule has 14 heavy (non-hydrogen) atoms. The third kappa shape index (κ3) is 1.62. The highest BCUT2D eigenvalue weighted by Crippen LogP contribution is 2.60. The Kier molecular flexibility index (Phi) is 2.83. The molecule has 1 aliphatic rings. The molecule has 1 radical (unpaired) electrons. The van der Waals surface area contributed by atoms with Crippen LogP contribution in [-0.2, 0) is 4.79 Å². The first-order chi connectivity index (χ1) is 6.38. The van der Waals surface area contributed by atoms with Crippen molar-refractivity contribution in [3.05, 3.63) is 6.04 Å². The fourth-order valence-electron chi connectivity index (χ4n) is 2.14. The van der Waals surface area contributed by atoms with Crippen molar-refractivity contribution in [1.29, 1.82) is 0 Å². The van der Waals surface area contributed by atoms with Crippen LogP contribution < -0.4 is 5.32 Å². The van der Waals surface area contributed by atoms with E-state index >= 15 is 0 Å². The van der Waals surface area contributed by atoms with Gasteiger partial charge < -0.3 is 5.32 Å². The number of nitrogens with one attached hydrogen (secondary N) is 1. The van der Waals surface area contributed by atoms with E-state index in [1.54, 1.807) is 0 Å². The molecule has 1 amide bonds. The van der Waals surface area contributed by atoms with Crippen molar-refractivity contribution >= 4 is 5.91 Å². The molecule has 0 atom stereocenters. The Bertz CT molecular complexity index is 236. The Balaban J connectivity index is 2.78. The van der Waals surface area contributed by atoms with E-state index in [9.17, 15) is 13.6 Å². The molecule has 0 unspecified atom stereocenters. The minimum absolute atomic E-state index is 0.0810. The number of carbonyl (C=O) groups is 1. The van der Waals surface area contributed by atoms with Gasteiger partial charge in [0.1, 0.15) is 6.04 Å². The molecule has 1 rings (SSSR count). The molecule has 0 saturated heterocycles. The second-order valence-electron chi connectivity index (χ2n) is 3.92. The van der Waals surface area contributed by atoms with Gasteiger partial charge in [-0.05, 0) is 12.8 Å². The first-order valence-corrected chi connectivity index (χ1v) is 4.91. The monoisotopic (exact) mass is 204 g/mol. The predicted octanol–water partition coefficient (Wildman–Crippen LogP) is 2.50. The molecule has 2 nitrogen and oxygen atoms in total. The van der Waals surface area contributed by atoms with Gasteiger partial charge in [0.05, 0.1) is 0 Å². The van der Waals surface area contributed by atoms with Gasteiger partial charge in [0.2, 0.25) is 5.91 Å². The summed E-state index contributed by atoms with van der Waals surface area (Å²) in [5, 5.41) is 2.29. The van der Waals surface area contributed by atoms with Crippen molar-refractivity contribution in [1.82, 2.24) is 5.32 Å². The Morgan fingerprint density at radius 3 is 2.21 bits per heavy atom. The zero-order valence-corrected chi connectivity index (χ0v) is 8.79. The number of hydrogen-bond acceptors (Lipinski definition) is 1. The SMILES string of the molecule is CCC1(CC)CC(F)(F)[C]1NC(C)=O. The maximum atomic E-state index is 13.2. The molecule has 1 fully saturated rings. The minimum Gasteiger partial charge on any atom is -0.342 e. The summed E-state index contributed by atoms with van der Waals surface area (Å²) in [5.74, 6) is -3.22. The summed E-state index contributed by atoms with van der Waals surface area (Å²) in [4.78, 5) is 10.8. The minimum atomic E-state index is -2.81. The third-order valence-electron chi connectivity index (χ3n) is 3.11. The molecule has 1 aliphatic carbocycles. The summed E-state index contributed by atoms with van der Waals surface area (Å²) in [6.07, 6.45) is 1.16. The lowest BCUT2D eigenvalue weighted by Gasteiger charge is -2.53. The number of hydrogen-bond donors (Lipinski definition) is 1. The van der Waals surface area contributed by atoms with E-state index in [4.69, 9.17) is 0 Å². The second-order valence-corrected chi connectivity index (χ2v) is 3.92. The van der Waals surface area contributed by atoms with Gasteiger partial charge in [0.25, 0.3) is 5.92 Å². The lowest BCUT2D eigenvalue weighted by Crippen LogP contribution is -2.61. The predicted molar refractivity (Wildman–Crippen MR) is 49.6 cm³/mol. The van der Waals surface area contributed by atoms with E-state index in [0.717, 1.165) is 0 Å². The number of carbonyl (C=O) groups excluding carboxylic acids is 1. The zero-order valence-electron chi connectivity index (χ0n) is 8.79. The molecule has 0 aromatic rings. The lowest BCUT2D eigenvalue weighted by molar-refractivity contribution is -0.150. The van der Waals surface area contributed by atoms with Crippen LogP contribution in [0.25, 0.3) is 0 Å². The Hall–Kier alpha value is -0.670. The lowest BCUT2D eigenvalue weighted by atomic mass is 9.58. The molecule has 81 valence electrons. The highest BCUT2D eigenvalue weighted by molar-refractivity contribution is 5.75. The largest absolute Gasteiger partial charge is 0.342 e. The van der Waals surface area contributed by atoms with E-state index < -0.39 is 17.2 Å². The van der Waals surface area contributed by atoms with Crippen molar-refractivity contribution in [2.45, 2.75) is 46.0 Å². The first-order valence-electron chi connectivity index (χ1n) is 4.91. The smallest absolute Gasteiger partial charge is 0.274 e. The van der Waals surface area contributed by atoms with Crippen molar-refractivity contribution in [3.63, 3.8) is 0 Å². The average molecular weight is 204 g/mol. The number of amides is 1. The van der Waals surface area contributed by atoms with E-state index in [1.807, 2.05) is 13.8 Å². The summed E-state index contributed by atoms with van der Waals surface area (Å²) < 4.78 is 26.4. The van der Waals surface area contributed by atoms with Crippen LogP contribution in [0.15, 0.2) is 0 Å². The molecule has 0 aliphatic heterocycles. The molecule has 0 spiro atoms. The van der Waals surface area contributed by atoms with Crippen molar-refractivity contribution in [2.24, 2.45) is 5.41 Å². The van der Waals surface area contributed by atoms with Crippen molar-refractivity contribution in [2.75, 3.05) is 0 Å². The van der Waals surface area contributed by atoms with Gasteiger partial charge in [-0.2, -0.15) is 0 Å². The van der Waals surface area contributed by atoms with Gasteiger partial charge in [-0.3, -0.25) is 4.79 Å². The van der Waals surface area contributed by atoms with Crippen LogP contribution in [0.2, 0.25) is 0 Å².